The number of aromatic nitrogens is 3. The Kier molecular flexibility index (Phi) is 2.15. The lowest BCUT2D eigenvalue weighted by molar-refractivity contribution is 0.949. The third kappa shape index (κ3) is 1.54. The summed E-state index contributed by atoms with van der Waals surface area (Å²) in [5, 5.41) is 2.27. The van der Waals surface area contributed by atoms with Gasteiger partial charge in [0.2, 0.25) is 0 Å². The number of nitrogens with zero attached hydrogens (tertiary/aromatic N) is 3. The molecule has 0 spiro atoms. The van der Waals surface area contributed by atoms with Crippen molar-refractivity contribution in [2.24, 2.45) is 0 Å². The first-order valence-corrected chi connectivity index (χ1v) is 6.60. The molecule has 5 nitrogen and oxygen atoms in total. The standard InChI is InChI=1S/C14H15N5/c15-12-7-9-10(8-17-12)18-14-13(9)11(3-4-16-14)19-5-1-2-6-19/h3-4,7-8H,1-2,5-6H2,(H2,15,17)(H,16,18). The minimum atomic E-state index is 0.546. The Labute approximate surface area is 110 Å². The van der Waals surface area contributed by atoms with E-state index in [-0.39, 0.29) is 0 Å². The fraction of sp³-hybridized carbons (Fsp3) is 0.286. The van der Waals surface area contributed by atoms with Crippen LogP contribution in [0.5, 0.6) is 0 Å². The quantitative estimate of drug-likeness (QED) is 0.698. The zero-order valence-electron chi connectivity index (χ0n) is 10.6. The van der Waals surface area contributed by atoms with Gasteiger partial charge in [-0.3, -0.25) is 0 Å². The highest BCUT2D eigenvalue weighted by Gasteiger charge is 2.18. The van der Waals surface area contributed by atoms with E-state index in [0.717, 1.165) is 35.0 Å². The van der Waals surface area contributed by atoms with Gasteiger partial charge in [0.25, 0.3) is 0 Å². The molecule has 1 fully saturated rings. The average Bonchev–Trinajstić information content (AvgIpc) is 3.04. The molecule has 0 aliphatic carbocycles. The topological polar surface area (TPSA) is 70.8 Å². The van der Waals surface area contributed by atoms with Crippen molar-refractivity contribution in [2.45, 2.75) is 12.8 Å². The third-order valence-electron chi connectivity index (χ3n) is 3.82. The third-order valence-corrected chi connectivity index (χ3v) is 3.82. The number of anilines is 2. The first-order valence-electron chi connectivity index (χ1n) is 6.60. The van der Waals surface area contributed by atoms with Crippen molar-refractivity contribution in [1.29, 1.82) is 0 Å². The highest BCUT2D eigenvalue weighted by atomic mass is 15.1. The molecule has 3 aromatic heterocycles. The maximum Gasteiger partial charge on any atom is 0.140 e. The van der Waals surface area contributed by atoms with Crippen LogP contribution in [0.1, 0.15) is 12.8 Å². The van der Waals surface area contributed by atoms with Gasteiger partial charge in [-0.2, -0.15) is 0 Å². The van der Waals surface area contributed by atoms with Crippen molar-refractivity contribution in [1.82, 2.24) is 15.0 Å². The fourth-order valence-corrected chi connectivity index (χ4v) is 2.94. The zero-order valence-corrected chi connectivity index (χ0v) is 10.6. The molecule has 0 unspecified atom stereocenters. The van der Waals surface area contributed by atoms with Gasteiger partial charge in [-0.25, -0.2) is 9.97 Å². The first kappa shape index (κ1) is 10.6. The van der Waals surface area contributed by atoms with Crippen LogP contribution in [0.4, 0.5) is 11.5 Å². The second-order valence-electron chi connectivity index (χ2n) is 5.03. The second-order valence-corrected chi connectivity index (χ2v) is 5.03. The largest absolute Gasteiger partial charge is 0.384 e. The van der Waals surface area contributed by atoms with Crippen LogP contribution in [0.25, 0.3) is 21.9 Å². The number of aromatic amines is 1. The molecule has 0 saturated carbocycles. The summed E-state index contributed by atoms with van der Waals surface area (Å²) in [7, 11) is 0. The number of nitrogens with two attached hydrogens (primary N) is 1. The Balaban J connectivity index is 2.07. The zero-order chi connectivity index (χ0) is 12.8. The Hall–Kier alpha value is -2.30. The number of hydrogen-bond acceptors (Lipinski definition) is 4. The van der Waals surface area contributed by atoms with Gasteiger partial charge in [-0.05, 0) is 25.0 Å². The van der Waals surface area contributed by atoms with Gasteiger partial charge in [-0.1, -0.05) is 0 Å². The van der Waals surface area contributed by atoms with E-state index in [0.29, 0.717) is 5.82 Å². The molecule has 1 saturated heterocycles. The van der Waals surface area contributed by atoms with E-state index in [9.17, 15) is 0 Å². The molecule has 1 aliphatic heterocycles. The predicted molar refractivity (Wildman–Crippen MR) is 77.3 cm³/mol. The molecule has 3 N–H and O–H groups in total. The molecule has 3 aromatic rings. The maximum absolute atomic E-state index is 5.82. The Bertz CT molecular complexity index is 755. The van der Waals surface area contributed by atoms with Crippen LogP contribution in [0.15, 0.2) is 24.5 Å². The SMILES string of the molecule is Nc1cc2c(cn1)[nH]c1nccc(N3CCCC3)c12. The molecule has 0 atom stereocenters. The number of nitrogens with one attached hydrogen (secondary N) is 1. The summed E-state index contributed by atoms with van der Waals surface area (Å²) >= 11 is 0. The summed E-state index contributed by atoms with van der Waals surface area (Å²) in [6.45, 7) is 2.23. The minimum Gasteiger partial charge on any atom is -0.384 e. The predicted octanol–water partition coefficient (Wildman–Crippen LogP) is 2.29. The van der Waals surface area contributed by atoms with Crippen LogP contribution in [0.3, 0.4) is 0 Å². The van der Waals surface area contributed by atoms with E-state index < -0.39 is 0 Å². The van der Waals surface area contributed by atoms with Crippen molar-refractivity contribution < 1.29 is 0 Å². The van der Waals surface area contributed by atoms with Crippen LogP contribution in [0.2, 0.25) is 0 Å². The second kappa shape index (κ2) is 3.85. The van der Waals surface area contributed by atoms with E-state index in [1.165, 1.54) is 18.5 Å². The number of pyridine rings is 2. The van der Waals surface area contributed by atoms with E-state index in [1.807, 2.05) is 12.3 Å². The van der Waals surface area contributed by atoms with E-state index >= 15 is 0 Å². The molecule has 19 heavy (non-hydrogen) atoms. The number of nitrogen functional groups attached to an aromatic ring is 1. The monoisotopic (exact) mass is 253 g/mol. The lowest BCUT2D eigenvalue weighted by atomic mass is 10.2. The molecule has 4 rings (SSSR count). The molecule has 1 aliphatic rings. The number of H-pyrrole nitrogens is 1. The summed E-state index contributed by atoms with van der Waals surface area (Å²) in [4.78, 5) is 14.3. The highest BCUT2D eigenvalue weighted by molar-refractivity contribution is 6.12. The molecule has 0 bridgehead atoms. The van der Waals surface area contributed by atoms with Crippen LogP contribution >= 0.6 is 0 Å². The van der Waals surface area contributed by atoms with Crippen LogP contribution in [0, 0.1) is 0 Å². The highest BCUT2D eigenvalue weighted by Crippen LogP contribution is 2.34. The Morgan fingerprint density at radius 2 is 2.05 bits per heavy atom. The number of fused-ring (bicyclic) bond motifs is 3. The fourth-order valence-electron chi connectivity index (χ4n) is 2.94. The van der Waals surface area contributed by atoms with E-state index in [2.05, 4.69) is 25.9 Å². The lowest BCUT2D eigenvalue weighted by Gasteiger charge is -2.18. The molecule has 5 heteroatoms. The maximum atomic E-state index is 5.82. The average molecular weight is 253 g/mol. The van der Waals surface area contributed by atoms with Crippen molar-refractivity contribution >= 4 is 33.4 Å². The molecular formula is C14H15N5. The summed E-state index contributed by atoms with van der Waals surface area (Å²) in [5.41, 5.74) is 8.97. The molecule has 0 radical (unpaired) electrons. The van der Waals surface area contributed by atoms with Crippen molar-refractivity contribution in [2.75, 3.05) is 23.7 Å². The van der Waals surface area contributed by atoms with Crippen molar-refractivity contribution in [3.8, 4) is 0 Å². The van der Waals surface area contributed by atoms with Gasteiger partial charge in [0, 0.05) is 30.4 Å². The van der Waals surface area contributed by atoms with Gasteiger partial charge >= 0.3 is 0 Å². The molecule has 96 valence electrons. The summed E-state index contributed by atoms with van der Waals surface area (Å²) < 4.78 is 0. The van der Waals surface area contributed by atoms with Gasteiger partial charge in [0.15, 0.2) is 0 Å². The Morgan fingerprint density at radius 3 is 2.89 bits per heavy atom. The van der Waals surface area contributed by atoms with Gasteiger partial charge in [0.05, 0.1) is 17.1 Å². The van der Waals surface area contributed by atoms with Crippen LogP contribution in [-0.2, 0) is 0 Å². The lowest BCUT2D eigenvalue weighted by Crippen LogP contribution is -2.17. The van der Waals surface area contributed by atoms with Gasteiger partial charge in [0.1, 0.15) is 11.5 Å². The smallest absolute Gasteiger partial charge is 0.140 e. The Morgan fingerprint density at radius 1 is 1.21 bits per heavy atom. The molecule has 0 aromatic carbocycles. The molecule has 0 amide bonds. The van der Waals surface area contributed by atoms with Crippen molar-refractivity contribution in [3.63, 3.8) is 0 Å². The van der Waals surface area contributed by atoms with Gasteiger partial charge < -0.3 is 15.6 Å². The van der Waals surface area contributed by atoms with Crippen molar-refractivity contribution in [3.05, 3.63) is 24.5 Å². The summed E-state index contributed by atoms with van der Waals surface area (Å²) in [5.74, 6) is 0.546. The van der Waals surface area contributed by atoms with Gasteiger partial charge in [-0.15, -0.1) is 0 Å². The number of hydrogen-bond donors (Lipinski definition) is 2. The van der Waals surface area contributed by atoms with Crippen LogP contribution < -0.4 is 10.6 Å². The molecule has 4 heterocycles. The van der Waals surface area contributed by atoms with E-state index in [4.69, 9.17) is 5.73 Å². The normalized spacial score (nSPS) is 15.7. The van der Waals surface area contributed by atoms with Crippen LogP contribution in [-0.4, -0.2) is 28.0 Å². The minimum absolute atomic E-state index is 0.546. The first-order chi connectivity index (χ1) is 9.33. The van der Waals surface area contributed by atoms with E-state index in [1.54, 1.807) is 6.20 Å². The summed E-state index contributed by atoms with van der Waals surface area (Å²) in [6.07, 6.45) is 6.16. The summed E-state index contributed by atoms with van der Waals surface area (Å²) in [6, 6.07) is 4.02. The number of rotatable bonds is 1. The molecular weight excluding hydrogens is 238 g/mol.